The molecule has 1 saturated heterocycles. The van der Waals surface area contributed by atoms with Gasteiger partial charge >= 0.3 is 0 Å². The lowest BCUT2D eigenvalue weighted by Crippen LogP contribution is -2.28. The van der Waals surface area contributed by atoms with E-state index >= 15 is 0 Å². The Morgan fingerprint density at radius 2 is 1.96 bits per heavy atom. The molecule has 1 N–H and O–H groups in total. The molecule has 1 aliphatic heterocycles. The number of hydrogen-bond acceptors (Lipinski definition) is 3. The van der Waals surface area contributed by atoms with E-state index in [9.17, 15) is 9.59 Å². The highest BCUT2D eigenvalue weighted by atomic mass is 16.5. The fourth-order valence-corrected chi connectivity index (χ4v) is 2.79. The molecule has 1 aliphatic rings. The smallest absolute Gasteiger partial charge is 0.229 e. The number of nitrogens with zero attached hydrogens (tertiary/aromatic N) is 1. The maximum atomic E-state index is 12.4. The quantitative estimate of drug-likeness (QED) is 0.940. The number of carbonyl (C=O) groups is 2. The SMILES string of the molecule is COc1cccc(N2C[C@@H](C(=O)Nc3ccc(C)cc3)CC2=O)c1. The zero-order valence-electron chi connectivity index (χ0n) is 13.8. The van der Waals surface area contributed by atoms with Gasteiger partial charge in [-0.15, -0.1) is 0 Å². The number of carbonyl (C=O) groups excluding carboxylic acids is 2. The van der Waals surface area contributed by atoms with E-state index in [1.54, 1.807) is 18.1 Å². The van der Waals surface area contributed by atoms with Gasteiger partial charge in [0.2, 0.25) is 11.8 Å². The number of amides is 2. The van der Waals surface area contributed by atoms with E-state index in [2.05, 4.69) is 5.32 Å². The first-order valence-corrected chi connectivity index (χ1v) is 7.89. The van der Waals surface area contributed by atoms with Gasteiger partial charge < -0.3 is 15.0 Å². The molecule has 0 spiro atoms. The highest BCUT2D eigenvalue weighted by Crippen LogP contribution is 2.28. The Bertz CT molecular complexity index is 755. The molecule has 0 aliphatic carbocycles. The Balaban J connectivity index is 1.69. The van der Waals surface area contributed by atoms with Gasteiger partial charge in [-0.1, -0.05) is 23.8 Å². The van der Waals surface area contributed by atoms with Gasteiger partial charge in [0.15, 0.2) is 0 Å². The molecule has 24 heavy (non-hydrogen) atoms. The first-order valence-electron chi connectivity index (χ1n) is 7.89. The molecule has 0 unspecified atom stereocenters. The fourth-order valence-electron chi connectivity index (χ4n) is 2.79. The lowest BCUT2D eigenvalue weighted by atomic mass is 10.1. The van der Waals surface area contributed by atoms with Crippen LogP contribution in [0.3, 0.4) is 0 Å². The largest absolute Gasteiger partial charge is 0.497 e. The van der Waals surface area contributed by atoms with Gasteiger partial charge in [0.25, 0.3) is 0 Å². The maximum absolute atomic E-state index is 12.4. The molecule has 0 saturated carbocycles. The Labute approximate surface area is 141 Å². The number of benzene rings is 2. The molecule has 1 heterocycles. The van der Waals surface area contributed by atoms with E-state index in [0.29, 0.717) is 12.3 Å². The molecular formula is C19H20N2O3. The second kappa shape index (κ2) is 6.74. The van der Waals surface area contributed by atoms with Crippen molar-refractivity contribution in [3.05, 3.63) is 54.1 Å². The maximum Gasteiger partial charge on any atom is 0.229 e. The van der Waals surface area contributed by atoms with E-state index in [1.165, 1.54) is 0 Å². The van der Waals surface area contributed by atoms with Crippen LogP contribution in [0.5, 0.6) is 5.75 Å². The van der Waals surface area contributed by atoms with Crippen LogP contribution in [0.1, 0.15) is 12.0 Å². The lowest BCUT2D eigenvalue weighted by molar-refractivity contribution is -0.122. The van der Waals surface area contributed by atoms with Crippen LogP contribution in [0.4, 0.5) is 11.4 Å². The zero-order chi connectivity index (χ0) is 17.1. The normalized spacial score (nSPS) is 17.0. The Morgan fingerprint density at radius 1 is 1.21 bits per heavy atom. The van der Waals surface area contributed by atoms with Crippen molar-refractivity contribution in [2.75, 3.05) is 23.9 Å². The zero-order valence-corrected chi connectivity index (χ0v) is 13.8. The summed E-state index contributed by atoms with van der Waals surface area (Å²) in [5.41, 5.74) is 2.64. The number of hydrogen-bond donors (Lipinski definition) is 1. The van der Waals surface area contributed by atoms with Crippen LogP contribution in [-0.2, 0) is 9.59 Å². The molecule has 0 radical (unpaired) electrons. The Kier molecular flexibility index (Phi) is 4.51. The van der Waals surface area contributed by atoms with Crippen molar-refractivity contribution in [1.29, 1.82) is 0 Å². The van der Waals surface area contributed by atoms with Crippen LogP contribution < -0.4 is 15.0 Å². The minimum absolute atomic E-state index is 0.0488. The standard InChI is InChI=1S/C19H20N2O3/c1-13-6-8-15(9-7-13)20-19(23)14-10-18(22)21(12-14)16-4-3-5-17(11-16)24-2/h3-9,11,14H,10,12H2,1-2H3,(H,20,23)/t14-/m0/s1. The summed E-state index contributed by atoms with van der Waals surface area (Å²) in [5, 5.41) is 2.88. The van der Waals surface area contributed by atoms with Crippen molar-refractivity contribution in [3.8, 4) is 5.75 Å². The minimum Gasteiger partial charge on any atom is -0.497 e. The molecule has 2 amide bonds. The lowest BCUT2D eigenvalue weighted by Gasteiger charge is -2.17. The summed E-state index contributed by atoms with van der Waals surface area (Å²) in [7, 11) is 1.59. The van der Waals surface area contributed by atoms with Gasteiger partial charge in [0.1, 0.15) is 5.75 Å². The van der Waals surface area contributed by atoms with Crippen LogP contribution >= 0.6 is 0 Å². The fraction of sp³-hybridized carbons (Fsp3) is 0.263. The third-order valence-electron chi connectivity index (χ3n) is 4.18. The summed E-state index contributed by atoms with van der Waals surface area (Å²) >= 11 is 0. The van der Waals surface area contributed by atoms with Crippen molar-refractivity contribution < 1.29 is 14.3 Å². The van der Waals surface area contributed by atoms with E-state index in [-0.39, 0.29) is 24.2 Å². The van der Waals surface area contributed by atoms with Gasteiger partial charge in [0.05, 0.1) is 13.0 Å². The van der Waals surface area contributed by atoms with Crippen molar-refractivity contribution in [3.63, 3.8) is 0 Å². The molecular weight excluding hydrogens is 304 g/mol. The molecule has 5 heteroatoms. The summed E-state index contributed by atoms with van der Waals surface area (Å²) in [6, 6.07) is 14.9. The number of methoxy groups -OCH3 is 1. The van der Waals surface area contributed by atoms with E-state index < -0.39 is 0 Å². The number of ether oxygens (including phenoxy) is 1. The number of rotatable bonds is 4. The van der Waals surface area contributed by atoms with Crippen molar-refractivity contribution in [1.82, 2.24) is 0 Å². The topological polar surface area (TPSA) is 58.6 Å². The van der Waals surface area contributed by atoms with Crippen molar-refractivity contribution in [2.45, 2.75) is 13.3 Å². The Morgan fingerprint density at radius 3 is 2.67 bits per heavy atom. The summed E-state index contributed by atoms with van der Waals surface area (Å²) in [6.45, 7) is 2.37. The molecule has 2 aromatic carbocycles. The molecule has 0 bridgehead atoms. The number of nitrogens with one attached hydrogen (secondary N) is 1. The predicted octanol–water partition coefficient (Wildman–Crippen LogP) is 3.00. The van der Waals surface area contributed by atoms with Crippen LogP contribution in [0.15, 0.2) is 48.5 Å². The molecule has 3 rings (SSSR count). The summed E-state index contributed by atoms with van der Waals surface area (Å²) in [4.78, 5) is 26.4. The van der Waals surface area contributed by atoms with Gasteiger partial charge in [-0.25, -0.2) is 0 Å². The summed E-state index contributed by atoms with van der Waals surface area (Å²) in [5.74, 6) is 0.155. The molecule has 2 aromatic rings. The molecule has 0 aromatic heterocycles. The third kappa shape index (κ3) is 3.40. The van der Waals surface area contributed by atoms with Gasteiger partial charge in [-0.05, 0) is 31.2 Å². The van der Waals surface area contributed by atoms with Crippen LogP contribution in [0.2, 0.25) is 0 Å². The first kappa shape index (κ1) is 16.1. The molecule has 5 nitrogen and oxygen atoms in total. The molecule has 1 atom stereocenters. The second-order valence-electron chi connectivity index (χ2n) is 5.96. The monoisotopic (exact) mass is 324 g/mol. The van der Waals surface area contributed by atoms with Gasteiger partial charge in [-0.3, -0.25) is 9.59 Å². The average molecular weight is 324 g/mol. The van der Waals surface area contributed by atoms with Crippen molar-refractivity contribution in [2.24, 2.45) is 5.92 Å². The second-order valence-corrected chi connectivity index (χ2v) is 5.96. The van der Waals surface area contributed by atoms with Gasteiger partial charge in [0, 0.05) is 30.4 Å². The summed E-state index contributed by atoms with van der Waals surface area (Å²) < 4.78 is 5.20. The van der Waals surface area contributed by atoms with Crippen molar-refractivity contribution >= 4 is 23.2 Å². The predicted molar refractivity (Wildman–Crippen MR) is 93.3 cm³/mol. The van der Waals surface area contributed by atoms with Crippen LogP contribution in [-0.4, -0.2) is 25.5 Å². The van der Waals surface area contributed by atoms with E-state index in [4.69, 9.17) is 4.74 Å². The average Bonchev–Trinajstić information content (AvgIpc) is 2.99. The highest BCUT2D eigenvalue weighted by molar-refractivity contribution is 6.03. The van der Waals surface area contributed by atoms with E-state index in [0.717, 1.165) is 16.9 Å². The van der Waals surface area contributed by atoms with E-state index in [1.807, 2.05) is 49.4 Å². The molecule has 1 fully saturated rings. The van der Waals surface area contributed by atoms with Gasteiger partial charge in [-0.2, -0.15) is 0 Å². The highest BCUT2D eigenvalue weighted by Gasteiger charge is 2.35. The Hall–Kier alpha value is -2.82. The number of aryl methyl sites for hydroxylation is 1. The van der Waals surface area contributed by atoms with Crippen LogP contribution in [0.25, 0.3) is 0 Å². The first-order chi connectivity index (χ1) is 11.6. The summed E-state index contributed by atoms with van der Waals surface area (Å²) in [6.07, 6.45) is 0.217. The van der Waals surface area contributed by atoms with Crippen LogP contribution in [0, 0.1) is 12.8 Å². The minimum atomic E-state index is -0.356. The third-order valence-corrected chi connectivity index (χ3v) is 4.18. The number of anilines is 2. The molecule has 124 valence electrons.